The van der Waals surface area contributed by atoms with E-state index in [-0.39, 0.29) is 24.6 Å². The average Bonchev–Trinajstić information content (AvgIpc) is 2.54. The van der Waals surface area contributed by atoms with Gasteiger partial charge in [0.1, 0.15) is 11.9 Å². The van der Waals surface area contributed by atoms with E-state index in [2.05, 4.69) is 4.98 Å². The van der Waals surface area contributed by atoms with Crippen LogP contribution in [0, 0.1) is 16.0 Å². The third-order valence-electron chi connectivity index (χ3n) is 4.31. The number of fused-ring (bicyclic) bond motifs is 1. The molecule has 128 valence electrons. The molecule has 1 aromatic heterocycles. The molecule has 1 saturated carbocycles. The first-order valence-electron chi connectivity index (χ1n) is 7.61. The Hall–Kier alpha value is -2.38. The molecule has 0 bridgehead atoms. The van der Waals surface area contributed by atoms with E-state index in [9.17, 15) is 23.3 Å². The van der Waals surface area contributed by atoms with Crippen molar-refractivity contribution in [3.8, 4) is 5.75 Å². The first-order chi connectivity index (χ1) is 11.3. The third kappa shape index (κ3) is 3.42. The molecule has 5 nitrogen and oxygen atoms in total. The average molecular weight is 340 g/mol. The van der Waals surface area contributed by atoms with E-state index in [1.165, 1.54) is 12.3 Å². The molecule has 8 heteroatoms. The first-order valence-corrected chi connectivity index (χ1v) is 7.61. The Bertz CT molecular complexity index is 756. The van der Waals surface area contributed by atoms with Crippen LogP contribution >= 0.6 is 0 Å². The summed E-state index contributed by atoms with van der Waals surface area (Å²) < 4.78 is 44.0. The SMILES string of the molecule is O=[N+]([O-])c1cnc2cccc(O[C@H]3CC[C@H](C(F)(F)F)CC3)c2c1. The van der Waals surface area contributed by atoms with Gasteiger partial charge in [-0.15, -0.1) is 0 Å². The van der Waals surface area contributed by atoms with Crippen molar-refractivity contribution in [1.82, 2.24) is 4.98 Å². The van der Waals surface area contributed by atoms with Crippen molar-refractivity contribution in [1.29, 1.82) is 0 Å². The highest BCUT2D eigenvalue weighted by molar-refractivity contribution is 5.86. The van der Waals surface area contributed by atoms with Gasteiger partial charge in [-0.25, -0.2) is 4.98 Å². The minimum atomic E-state index is -4.16. The number of ether oxygens (including phenoxy) is 1. The topological polar surface area (TPSA) is 65.3 Å². The van der Waals surface area contributed by atoms with E-state index < -0.39 is 17.0 Å². The Labute approximate surface area is 135 Å². The van der Waals surface area contributed by atoms with E-state index >= 15 is 0 Å². The summed E-state index contributed by atoms with van der Waals surface area (Å²) in [4.78, 5) is 14.4. The van der Waals surface area contributed by atoms with Crippen molar-refractivity contribution in [3.05, 3.63) is 40.6 Å². The smallest absolute Gasteiger partial charge is 0.391 e. The summed E-state index contributed by atoms with van der Waals surface area (Å²) in [5, 5.41) is 11.4. The predicted octanol–water partition coefficient (Wildman–Crippen LogP) is 4.64. The second-order valence-electron chi connectivity index (χ2n) is 5.91. The Morgan fingerprint density at radius 2 is 1.92 bits per heavy atom. The largest absolute Gasteiger partial charge is 0.490 e. The van der Waals surface area contributed by atoms with Crippen LogP contribution in [0.25, 0.3) is 10.9 Å². The molecule has 3 rings (SSSR count). The van der Waals surface area contributed by atoms with Crippen LogP contribution in [0.5, 0.6) is 5.75 Å². The lowest BCUT2D eigenvalue weighted by Crippen LogP contribution is -2.31. The summed E-state index contributed by atoms with van der Waals surface area (Å²) in [5.41, 5.74) is 0.390. The Morgan fingerprint density at radius 3 is 2.54 bits per heavy atom. The van der Waals surface area contributed by atoms with Crippen LogP contribution in [-0.4, -0.2) is 22.2 Å². The number of alkyl halides is 3. The van der Waals surface area contributed by atoms with Crippen molar-refractivity contribution in [2.45, 2.75) is 38.0 Å². The summed E-state index contributed by atoms with van der Waals surface area (Å²) >= 11 is 0. The molecule has 1 heterocycles. The van der Waals surface area contributed by atoms with Gasteiger partial charge in [-0.1, -0.05) is 6.07 Å². The first kappa shape index (κ1) is 16.5. The lowest BCUT2D eigenvalue weighted by atomic mass is 9.87. The molecule has 1 aliphatic rings. The van der Waals surface area contributed by atoms with E-state index in [0.29, 0.717) is 29.5 Å². The Kier molecular flexibility index (Phi) is 4.29. The summed E-state index contributed by atoms with van der Waals surface area (Å²) in [6, 6.07) is 6.44. The number of rotatable bonds is 3. The molecule has 24 heavy (non-hydrogen) atoms. The van der Waals surface area contributed by atoms with Crippen molar-refractivity contribution in [2.24, 2.45) is 5.92 Å². The van der Waals surface area contributed by atoms with Gasteiger partial charge in [-0.3, -0.25) is 10.1 Å². The fraction of sp³-hybridized carbons (Fsp3) is 0.438. The number of nitro groups is 1. The van der Waals surface area contributed by atoms with Gasteiger partial charge in [-0.05, 0) is 37.8 Å². The van der Waals surface area contributed by atoms with E-state index in [1.54, 1.807) is 18.2 Å². The molecule has 0 atom stereocenters. The van der Waals surface area contributed by atoms with Gasteiger partial charge in [0.15, 0.2) is 0 Å². The van der Waals surface area contributed by atoms with Crippen LogP contribution < -0.4 is 4.74 Å². The van der Waals surface area contributed by atoms with Crippen LogP contribution in [-0.2, 0) is 0 Å². The molecule has 0 N–H and O–H groups in total. The molecule has 1 aromatic carbocycles. The molecule has 0 amide bonds. The summed E-state index contributed by atoms with van der Waals surface area (Å²) in [5.74, 6) is -0.855. The molecule has 0 aliphatic heterocycles. The van der Waals surface area contributed by atoms with Crippen LogP contribution in [0.3, 0.4) is 0 Å². The third-order valence-corrected chi connectivity index (χ3v) is 4.31. The number of nitrogens with zero attached hydrogens (tertiary/aromatic N) is 2. The molecule has 0 saturated heterocycles. The molecule has 1 fully saturated rings. The van der Waals surface area contributed by atoms with Crippen LogP contribution in [0.2, 0.25) is 0 Å². The van der Waals surface area contributed by atoms with Crippen molar-refractivity contribution >= 4 is 16.6 Å². The molecular formula is C16H15F3N2O3. The zero-order valence-corrected chi connectivity index (χ0v) is 12.6. The highest BCUT2D eigenvalue weighted by atomic mass is 19.4. The van der Waals surface area contributed by atoms with Crippen LogP contribution in [0.15, 0.2) is 30.5 Å². The summed E-state index contributed by atoms with van der Waals surface area (Å²) in [7, 11) is 0. The molecule has 1 aliphatic carbocycles. The number of aromatic nitrogens is 1. The molecule has 0 unspecified atom stereocenters. The van der Waals surface area contributed by atoms with Crippen LogP contribution in [0.1, 0.15) is 25.7 Å². The maximum atomic E-state index is 12.7. The Morgan fingerprint density at radius 1 is 1.21 bits per heavy atom. The minimum Gasteiger partial charge on any atom is -0.490 e. The van der Waals surface area contributed by atoms with Crippen molar-refractivity contribution in [3.63, 3.8) is 0 Å². The lowest BCUT2D eigenvalue weighted by molar-refractivity contribution is -0.385. The van der Waals surface area contributed by atoms with E-state index in [4.69, 9.17) is 4.74 Å². The van der Waals surface area contributed by atoms with Crippen LogP contribution in [0.4, 0.5) is 18.9 Å². The summed E-state index contributed by atoms with van der Waals surface area (Å²) in [6.07, 6.45) is -2.62. The number of benzene rings is 1. The summed E-state index contributed by atoms with van der Waals surface area (Å²) in [6.45, 7) is 0. The Balaban J connectivity index is 1.78. The minimum absolute atomic E-state index is 0.0390. The zero-order chi connectivity index (χ0) is 17.3. The quantitative estimate of drug-likeness (QED) is 0.603. The number of hydrogen-bond acceptors (Lipinski definition) is 4. The van der Waals surface area contributed by atoms with Gasteiger partial charge in [0.25, 0.3) is 5.69 Å². The van der Waals surface area contributed by atoms with Crippen molar-refractivity contribution in [2.75, 3.05) is 0 Å². The highest BCUT2D eigenvalue weighted by Gasteiger charge is 2.41. The van der Waals surface area contributed by atoms with E-state index in [0.717, 1.165) is 0 Å². The molecule has 0 radical (unpaired) electrons. The standard InChI is InChI=1S/C16H15F3N2O3/c17-16(18,19)10-4-6-12(7-5-10)24-15-3-1-2-14-13(15)8-11(9-20-14)21(22)23/h1-3,8-10,12H,4-7H2/t10-,12-. The normalized spacial score (nSPS) is 21.6. The second-order valence-corrected chi connectivity index (χ2v) is 5.91. The molecule has 2 aromatic rings. The maximum absolute atomic E-state index is 12.7. The fourth-order valence-corrected chi connectivity index (χ4v) is 3.00. The highest BCUT2D eigenvalue weighted by Crippen LogP contribution is 2.39. The van der Waals surface area contributed by atoms with Gasteiger partial charge in [0, 0.05) is 11.5 Å². The van der Waals surface area contributed by atoms with Gasteiger partial charge < -0.3 is 4.74 Å². The zero-order valence-electron chi connectivity index (χ0n) is 12.6. The maximum Gasteiger partial charge on any atom is 0.391 e. The molecular weight excluding hydrogens is 325 g/mol. The van der Waals surface area contributed by atoms with Gasteiger partial charge >= 0.3 is 6.18 Å². The number of halogens is 3. The monoisotopic (exact) mass is 340 g/mol. The second kappa shape index (κ2) is 6.26. The number of pyridine rings is 1. The van der Waals surface area contributed by atoms with Gasteiger partial charge in [0.2, 0.25) is 0 Å². The van der Waals surface area contributed by atoms with Gasteiger partial charge in [0.05, 0.1) is 22.5 Å². The van der Waals surface area contributed by atoms with E-state index in [1.807, 2.05) is 0 Å². The lowest BCUT2D eigenvalue weighted by Gasteiger charge is -2.30. The van der Waals surface area contributed by atoms with Gasteiger partial charge in [-0.2, -0.15) is 13.2 Å². The predicted molar refractivity (Wildman–Crippen MR) is 80.8 cm³/mol. The molecule has 0 spiro atoms. The fourth-order valence-electron chi connectivity index (χ4n) is 3.00. The van der Waals surface area contributed by atoms with Crippen molar-refractivity contribution < 1.29 is 22.8 Å². The number of hydrogen-bond donors (Lipinski definition) is 0.